The Kier molecular flexibility index (Phi) is 9.26. The van der Waals surface area contributed by atoms with Crippen LogP contribution in [0.2, 0.25) is 0 Å². The fourth-order valence-corrected chi connectivity index (χ4v) is 10.9. The summed E-state index contributed by atoms with van der Waals surface area (Å²) in [5.41, 5.74) is 19.8. The van der Waals surface area contributed by atoms with Gasteiger partial charge < -0.3 is 9.80 Å². The fraction of sp³-hybridized carbons (Fsp3) is 0.368. The van der Waals surface area contributed by atoms with Crippen LogP contribution in [-0.4, -0.2) is 6.71 Å². The smallest absolute Gasteiger partial charge is 0.254 e. The Balaban J connectivity index is 1.44. The molecule has 2 aliphatic heterocycles. The van der Waals surface area contributed by atoms with Crippen LogP contribution < -0.4 is 26.2 Å². The molecule has 4 heteroatoms. The Labute approximate surface area is 371 Å². The molecule has 2 nitrogen and oxygen atoms in total. The Morgan fingerprint density at radius 3 is 1.44 bits per heavy atom. The molecule has 6 aromatic carbocycles. The standard InChI is InChI=1S/C57H65BN2S/c1-34-27-47-50-48(28-34)60(41-30-38(56(11,12)13)29-39(31-41)57(14,15)16)46-25-23-42-43-32-36(54(5,6)7)20-26-49(43)61-52(42)51(46)58(50)44-33-37(55(8,9)10)19-24-45(44)59(47)40-21-17-35(18-22-40)53(2,3)4/h17-33H,1-16H3. The lowest BCUT2D eigenvalue weighted by Crippen LogP contribution is -2.61. The first-order chi connectivity index (χ1) is 28.3. The Hall–Kier alpha value is -4.80. The van der Waals surface area contributed by atoms with Gasteiger partial charge in [-0.05, 0) is 150 Å². The summed E-state index contributed by atoms with van der Waals surface area (Å²) in [4.78, 5) is 5.22. The molecule has 9 rings (SSSR count). The molecule has 0 aliphatic carbocycles. The van der Waals surface area contributed by atoms with E-state index in [1.165, 1.54) is 104 Å². The van der Waals surface area contributed by atoms with Crippen molar-refractivity contribution in [2.45, 2.75) is 138 Å². The highest BCUT2D eigenvalue weighted by Crippen LogP contribution is 2.49. The topological polar surface area (TPSA) is 6.48 Å². The molecule has 0 saturated heterocycles. The summed E-state index contributed by atoms with van der Waals surface area (Å²) >= 11 is 1.98. The van der Waals surface area contributed by atoms with Gasteiger partial charge in [0.2, 0.25) is 0 Å². The lowest BCUT2D eigenvalue weighted by molar-refractivity contribution is 0.568. The average molecular weight is 821 g/mol. The van der Waals surface area contributed by atoms with Gasteiger partial charge in [0, 0.05) is 48.9 Å². The first-order valence-corrected chi connectivity index (χ1v) is 23.3. The number of anilines is 6. The largest absolute Gasteiger partial charge is 0.311 e. The molecule has 0 unspecified atom stereocenters. The van der Waals surface area contributed by atoms with Gasteiger partial charge in [-0.15, -0.1) is 11.3 Å². The highest BCUT2D eigenvalue weighted by atomic mass is 32.1. The number of hydrogen-bond acceptors (Lipinski definition) is 3. The second kappa shape index (κ2) is 13.6. The van der Waals surface area contributed by atoms with E-state index in [4.69, 9.17) is 0 Å². The molecule has 3 heterocycles. The number of nitrogens with zero attached hydrogens (tertiary/aromatic N) is 2. The van der Waals surface area contributed by atoms with E-state index in [9.17, 15) is 0 Å². The first kappa shape index (κ1) is 41.6. The molecule has 0 atom stereocenters. The van der Waals surface area contributed by atoms with E-state index >= 15 is 0 Å². The minimum Gasteiger partial charge on any atom is -0.311 e. The van der Waals surface area contributed by atoms with Gasteiger partial charge in [0.25, 0.3) is 6.71 Å². The van der Waals surface area contributed by atoms with E-state index in [2.05, 4.69) is 224 Å². The Bertz CT molecular complexity index is 2860. The van der Waals surface area contributed by atoms with Crippen LogP contribution in [0.3, 0.4) is 0 Å². The molecular formula is C57H65BN2S. The van der Waals surface area contributed by atoms with Crippen molar-refractivity contribution in [1.29, 1.82) is 0 Å². The third-order valence-electron chi connectivity index (χ3n) is 13.4. The van der Waals surface area contributed by atoms with Gasteiger partial charge in [0.1, 0.15) is 0 Å². The zero-order valence-electron chi connectivity index (χ0n) is 39.7. The first-order valence-electron chi connectivity index (χ1n) is 22.5. The molecule has 2 aliphatic rings. The van der Waals surface area contributed by atoms with E-state index in [1.54, 1.807) is 0 Å². The van der Waals surface area contributed by atoms with E-state index in [0.29, 0.717) is 0 Å². The summed E-state index contributed by atoms with van der Waals surface area (Å²) in [6, 6.07) is 41.2. The molecule has 0 radical (unpaired) electrons. The van der Waals surface area contributed by atoms with Gasteiger partial charge in [-0.3, -0.25) is 0 Å². The van der Waals surface area contributed by atoms with Crippen LogP contribution in [0, 0.1) is 6.92 Å². The number of thiophene rings is 1. The highest BCUT2D eigenvalue weighted by molar-refractivity contribution is 7.28. The monoisotopic (exact) mass is 820 g/mol. The maximum Gasteiger partial charge on any atom is 0.254 e. The minimum atomic E-state index is -0.0261. The van der Waals surface area contributed by atoms with E-state index < -0.39 is 0 Å². The number of hydrogen-bond donors (Lipinski definition) is 0. The molecule has 0 amide bonds. The van der Waals surface area contributed by atoms with Crippen molar-refractivity contribution >= 4 is 88.7 Å². The normalized spacial score (nSPS) is 14.5. The summed E-state index contributed by atoms with van der Waals surface area (Å²) in [6.07, 6.45) is 0. The summed E-state index contributed by atoms with van der Waals surface area (Å²) in [7, 11) is 0. The zero-order chi connectivity index (χ0) is 43.9. The summed E-state index contributed by atoms with van der Waals surface area (Å²) in [5.74, 6) is 0. The van der Waals surface area contributed by atoms with E-state index in [-0.39, 0.29) is 33.8 Å². The summed E-state index contributed by atoms with van der Waals surface area (Å²) < 4.78 is 2.74. The van der Waals surface area contributed by atoms with Crippen LogP contribution in [0.5, 0.6) is 0 Å². The lowest BCUT2D eigenvalue weighted by Gasteiger charge is -2.45. The quantitative estimate of drug-likeness (QED) is 0.160. The SMILES string of the molecule is Cc1cc2c3c(c1)N(c1cc(C(C)(C)C)cc(C(C)(C)C)c1)c1ccc4c(sc5ccc(C(C)(C)C)cc54)c1B3c1cc(C(C)(C)C)ccc1N2c1ccc(C(C)(C)C)cc1. The third-order valence-corrected chi connectivity index (χ3v) is 14.7. The van der Waals surface area contributed by atoms with E-state index in [0.717, 1.165) is 0 Å². The molecule has 0 spiro atoms. The van der Waals surface area contributed by atoms with Crippen molar-refractivity contribution in [2.75, 3.05) is 9.80 Å². The van der Waals surface area contributed by atoms with Crippen molar-refractivity contribution in [3.05, 3.63) is 137 Å². The van der Waals surface area contributed by atoms with Gasteiger partial charge in [0.05, 0.1) is 0 Å². The second-order valence-corrected chi connectivity index (χ2v) is 24.4. The Morgan fingerprint density at radius 2 is 0.885 bits per heavy atom. The van der Waals surface area contributed by atoms with Crippen molar-refractivity contribution < 1.29 is 0 Å². The summed E-state index contributed by atoms with van der Waals surface area (Å²) in [6.45, 7) is 37.4. The van der Waals surface area contributed by atoms with Crippen molar-refractivity contribution in [2.24, 2.45) is 0 Å². The number of rotatable bonds is 2. The molecule has 0 bridgehead atoms. The maximum atomic E-state index is 2.64. The zero-order valence-corrected chi connectivity index (χ0v) is 40.5. The van der Waals surface area contributed by atoms with Gasteiger partial charge >= 0.3 is 0 Å². The lowest BCUT2D eigenvalue weighted by atomic mass is 9.33. The number of aryl methyl sites for hydroxylation is 1. The molecule has 61 heavy (non-hydrogen) atoms. The van der Waals surface area contributed by atoms with Crippen LogP contribution >= 0.6 is 11.3 Å². The van der Waals surface area contributed by atoms with Crippen molar-refractivity contribution in [1.82, 2.24) is 0 Å². The van der Waals surface area contributed by atoms with Crippen LogP contribution in [0.25, 0.3) is 20.2 Å². The van der Waals surface area contributed by atoms with Crippen LogP contribution in [0.15, 0.2) is 103 Å². The van der Waals surface area contributed by atoms with Gasteiger partial charge in [-0.2, -0.15) is 0 Å². The van der Waals surface area contributed by atoms with Crippen LogP contribution in [-0.2, 0) is 27.1 Å². The predicted molar refractivity (Wildman–Crippen MR) is 272 cm³/mol. The molecule has 0 fully saturated rings. The number of benzene rings is 6. The van der Waals surface area contributed by atoms with Gasteiger partial charge in [-0.1, -0.05) is 146 Å². The average Bonchev–Trinajstić information content (AvgIpc) is 3.54. The summed E-state index contributed by atoms with van der Waals surface area (Å²) in [5, 5.41) is 2.72. The number of fused-ring (bicyclic) bond motifs is 8. The Morgan fingerprint density at radius 1 is 0.393 bits per heavy atom. The second-order valence-electron chi connectivity index (χ2n) is 23.3. The minimum absolute atomic E-state index is 0.0160. The van der Waals surface area contributed by atoms with E-state index in [1.807, 2.05) is 11.3 Å². The fourth-order valence-electron chi connectivity index (χ4n) is 9.66. The predicted octanol–water partition coefficient (Wildman–Crippen LogP) is 14.9. The molecule has 1 aromatic heterocycles. The molecule has 312 valence electrons. The van der Waals surface area contributed by atoms with Crippen LogP contribution in [0.1, 0.15) is 137 Å². The highest BCUT2D eigenvalue weighted by Gasteiger charge is 2.45. The van der Waals surface area contributed by atoms with Crippen molar-refractivity contribution in [3.63, 3.8) is 0 Å². The van der Waals surface area contributed by atoms with Crippen molar-refractivity contribution in [3.8, 4) is 0 Å². The van der Waals surface area contributed by atoms with Crippen LogP contribution in [0.4, 0.5) is 34.1 Å². The molecular weight excluding hydrogens is 756 g/mol. The molecule has 7 aromatic rings. The molecule has 0 saturated carbocycles. The third kappa shape index (κ3) is 6.93. The maximum absolute atomic E-state index is 2.64. The van der Waals surface area contributed by atoms with Gasteiger partial charge in [0.15, 0.2) is 0 Å². The van der Waals surface area contributed by atoms with Gasteiger partial charge in [-0.25, -0.2) is 0 Å². The molecule has 0 N–H and O–H groups in total.